The molecule has 0 saturated carbocycles. The van der Waals surface area contributed by atoms with Crippen LogP contribution in [0.4, 0.5) is 30.5 Å². The summed E-state index contributed by atoms with van der Waals surface area (Å²) in [5, 5.41) is 7.11. The molecule has 6 nitrogen and oxygen atoms in total. The van der Waals surface area contributed by atoms with Crippen molar-refractivity contribution in [3.8, 4) is 5.69 Å². The van der Waals surface area contributed by atoms with E-state index in [0.29, 0.717) is 5.69 Å². The number of nitrogens with one attached hydrogen (secondary N) is 1. The first kappa shape index (κ1) is 19.3. The van der Waals surface area contributed by atoms with Crippen LogP contribution in [0.3, 0.4) is 0 Å². The first-order valence-electron chi connectivity index (χ1n) is 9.36. The molecule has 29 heavy (non-hydrogen) atoms. The second-order valence-corrected chi connectivity index (χ2v) is 7.08. The van der Waals surface area contributed by atoms with Crippen molar-refractivity contribution in [1.82, 2.24) is 19.7 Å². The van der Waals surface area contributed by atoms with Crippen LogP contribution in [-0.2, 0) is 0 Å². The third-order valence-electron chi connectivity index (χ3n) is 4.87. The number of hydrogen-bond acceptors (Lipinski definition) is 5. The summed E-state index contributed by atoms with van der Waals surface area (Å²) >= 11 is 0. The lowest BCUT2D eigenvalue weighted by atomic mass is 10.2. The lowest BCUT2D eigenvalue weighted by Gasteiger charge is -2.23. The van der Waals surface area contributed by atoms with Gasteiger partial charge in [0.25, 0.3) is 0 Å². The van der Waals surface area contributed by atoms with Crippen molar-refractivity contribution >= 4 is 17.3 Å². The summed E-state index contributed by atoms with van der Waals surface area (Å²) in [6, 6.07) is 7.91. The molecule has 152 valence electrons. The molecule has 0 amide bonds. The van der Waals surface area contributed by atoms with Gasteiger partial charge in [0, 0.05) is 37.1 Å². The maximum atomic E-state index is 14.2. The van der Waals surface area contributed by atoms with Crippen LogP contribution >= 0.6 is 0 Å². The molecule has 1 fully saturated rings. The lowest BCUT2D eigenvalue weighted by Crippen LogP contribution is -2.28. The van der Waals surface area contributed by atoms with E-state index in [2.05, 4.69) is 32.2 Å². The molecule has 1 aliphatic heterocycles. The molecule has 0 radical (unpaired) electrons. The fourth-order valence-corrected chi connectivity index (χ4v) is 3.37. The van der Waals surface area contributed by atoms with Gasteiger partial charge in [0.15, 0.2) is 5.82 Å². The van der Waals surface area contributed by atoms with E-state index >= 15 is 0 Å². The topological polar surface area (TPSA) is 49.2 Å². The predicted octanol–water partition coefficient (Wildman–Crippen LogP) is 3.57. The molecule has 1 aliphatic rings. The molecular weight excluding hydrogens is 381 g/mol. The molecule has 3 aromatic rings. The quantitative estimate of drug-likeness (QED) is 0.723. The summed E-state index contributed by atoms with van der Waals surface area (Å²) in [5.74, 6) is -1.61. The van der Waals surface area contributed by atoms with Gasteiger partial charge in [0.2, 0.25) is 5.95 Å². The van der Waals surface area contributed by atoms with E-state index in [1.165, 1.54) is 29.2 Å². The first-order valence-corrected chi connectivity index (χ1v) is 9.36. The highest BCUT2D eigenvalue weighted by Crippen LogP contribution is 2.25. The number of aromatic nitrogens is 3. The summed E-state index contributed by atoms with van der Waals surface area (Å²) in [4.78, 5) is 8.49. The van der Waals surface area contributed by atoms with Crippen molar-refractivity contribution in [2.45, 2.75) is 6.42 Å². The van der Waals surface area contributed by atoms with Crippen LogP contribution in [-0.4, -0.2) is 52.9 Å². The van der Waals surface area contributed by atoms with Crippen molar-refractivity contribution in [1.29, 1.82) is 0 Å². The standard InChI is InChI=1S/C20H21F3N6/c1-27-5-2-6-28(8-7-27)17-10-15(22)9-16(12-17)25-20-24-13-29(26-20)19-4-3-14(21)11-18(19)23/h3-4,9-13H,2,5-8H2,1H3,(H,25,26). The molecule has 1 N–H and O–H groups in total. The highest BCUT2D eigenvalue weighted by Gasteiger charge is 2.15. The first-order chi connectivity index (χ1) is 14.0. The lowest BCUT2D eigenvalue weighted by molar-refractivity contribution is 0.360. The van der Waals surface area contributed by atoms with E-state index in [-0.39, 0.29) is 17.5 Å². The van der Waals surface area contributed by atoms with E-state index in [0.717, 1.165) is 50.4 Å². The molecular formula is C20H21F3N6. The Morgan fingerprint density at radius 3 is 2.62 bits per heavy atom. The highest BCUT2D eigenvalue weighted by molar-refractivity contribution is 5.62. The zero-order chi connectivity index (χ0) is 20.4. The summed E-state index contributed by atoms with van der Waals surface area (Å²) < 4.78 is 42.4. The smallest absolute Gasteiger partial charge is 0.246 e. The third kappa shape index (κ3) is 4.51. The van der Waals surface area contributed by atoms with Gasteiger partial charge in [-0.05, 0) is 50.3 Å². The Bertz CT molecular complexity index is 1010. The average Bonchev–Trinajstić information content (AvgIpc) is 3.00. The van der Waals surface area contributed by atoms with Crippen LogP contribution in [0.25, 0.3) is 5.69 Å². The van der Waals surface area contributed by atoms with Gasteiger partial charge < -0.3 is 15.1 Å². The maximum absolute atomic E-state index is 14.2. The van der Waals surface area contributed by atoms with Crippen molar-refractivity contribution in [2.24, 2.45) is 0 Å². The van der Waals surface area contributed by atoms with E-state index in [1.54, 1.807) is 0 Å². The van der Waals surface area contributed by atoms with Crippen LogP contribution in [0.1, 0.15) is 6.42 Å². The van der Waals surface area contributed by atoms with E-state index in [9.17, 15) is 13.2 Å². The number of nitrogens with zero attached hydrogens (tertiary/aromatic N) is 5. The van der Waals surface area contributed by atoms with Crippen molar-refractivity contribution in [2.75, 3.05) is 43.4 Å². The van der Waals surface area contributed by atoms with Crippen molar-refractivity contribution in [3.05, 3.63) is 60.2 Å². The Labute approximate surface area is 166 Å². The molecule has 4 rings (SSSR count). The van der Waals surface area contributed by atoms with Gasteiger partial charge >= 0.3 is 0 Å². The van der Waals surface area contributed by atoms with Crippen LogP contribution in [0.2, 0.25) is 0 Å². The molecule has 0 atom stereocenters. The fraction of sp³-hybridized carbons (Fsp3) is 0.300. The van der Waals surface area contributed by atoms with E-state index in [1.807, 2.05) is 6.07 Å². The zero-order valence-electron chi connectivity index (χ0n) is 15.9. The summed E-state index contributed by atoms with van der Waals surface area (Å²) in [6.07, 6.45) is 2.31. The summed E-state index contributed by atoms with van der Waals surface area (Å²) in [7, 11) is 2.08. The van der Waals surface area contributed by atoms with Crippen molar-refractivity contribution < 1.29 is 13.2 Å². The Balaban J connectivity index is 1.54. The maximum Gasteiger partial charge on any atom is 0.246 e. The second-order valence-electron chi connectivity index (χ2n) is 7.08. The average molecular weight is 402 g/mol. The minimum absolute atomic E-state index is 0.0700. The van der Waals surface area contributed by atoms with Crippen LogP contribution in [0, 0.1) is 17.5 Å². The van der Waals surface area contributed by atoms with Gasteiger partial charge in [0.05, 0.1) is 0 Å². The highest BCUT2D eigenvalue weighted by atomic mass is 19.1. The molecule has 1 saturated heterocycles. The van der Waals surface area contributed by atoms with E-state index in [4.69, 9.17) is 0 Å². The summed E-state index contributed by atoms with van der Waals surface area (Å²) in [5.41, 5.74) is 1.35. The number of likely N-dealkylation sites (N-methyl/N-ethyl adjacent to an activating group) is 1. The number of rotatable bonds is 4. The molecule has 0 bridgehead atoms. The van der Waals surface area contributed by atoms with Crippen LogP contribution in [0.15, 0.2) is 42.7 Å². The Morgan fingerprint density at radius 2 is 1.79 bits per heavy atom. The molecule has 0 unspecified atom stereocenters. The fourth-order valence-electron chi connectivity index (χ4n) is 3.37. The van der Waals surface area contributed by atoms with Gasteiger partial charge in [-0.25, -0.2) is 17.9 Å². The van der Waals surface area contributed by atoms with Gasteiger partial charge in [-0.3, -0.25) is 0 Å². The second kappa shape index (κ2) is 8.12. The molecule has 1 aromatic heterocycles. The minimum atomic E-state index is -0.749. The monoisotopic (exact) mass is 402 g/mol. The minimum Gasteiger partial charge on any atom is -0.370 e. The Morgan fingerprint density at radius 1 is 0.931 bits per heavy atom. The van der Waals surface area contributed by atoms with Gasteiger partial charge in [0.1, 0.15) is 23.6 Å². The van der Waals surface area contributed by atoms with Crippen LogP contribution in [0.5, 0.6) is 0 Å². The zero-order valence-corrected chi connectivity index (χ0v) is 15.9. The molecule has 0 spiro atoms. The number of anilines is 3. The van der Waals surface area contributed by atoms with Gasteiger partial charge in [-0.2, -0.15) is 4.98 Å². The van der Waals surface area contributed by atoms with Gasteiger partial charge in [-0.15, -0.1) is 5.10 Å². The molecule has 0 aliphatic carbocycles. The van der Waals surface area contributed by atoms with Crippen molar-refractivity contribution in [3.63, 3.8) is 0 Å². The van der Waals surface area contributed by atoms with Gasteiger partial charge in [-0.1, -0.05) is 0 Å². The Kier molecular flexibility index (Phi) is 5.39. The molecule has 9 heteroatoms. The summed E-state index contributed by atoms with van der Waals surface area (Å²) in [6.45, 7) is 3.59. The third-order valence-corrected chi connectivity index (χ3v) is 4.87. The predicted molar refractivity (Wildman–Crippen MR) is 105 cm³/mol. The number of hydrogen-bond donors (Lipinski definition) is 1. The largest absolute Gasteiger partial charge is 0.370 e. The normalized spacial score (nSPS) is 15.4. The van der Waals surface area contributed by atoms with Crippen LogP contribution < -0.4 is 10.2 Å². The van der Waals surface area contributed by atoms with E-state index < -0.39 is 11.6 Å². The SMILES string of the molecule is CN1CCCN(c2cc(F)cc(Nc3ncn(-c4ccc(F)cc4F)n3)c2)CC1. The Hall–Kier alpha value is -3.07. The number of halogens is 3. The molecule has 2 aromatic carbocycles. The molecule has 2 heterocycles. The number of benzene rings is 2.